The van der Waals surface area contributed by atoms with Gasteiger partial charge in [-0.2, -0.15) is 0 Å². The molecule has 19 heavy (non-hydrogen) atoms. The summed E-state index contributed by atoms with van der Waals surface area (Å²) in [5.74, 6) is 0. The van der Waals surface area contributed by atoms with Crippen LogP contribution in [0.3, 0.4) is 0 Å². The minimum absolute atomic E-state index is 0.106. The van der Waals surface area contributed by atoms with Gasteiger partial charge in [0.2, 0.25) is 0 Å². The molecule has 2 saturated heterocycles. The maximum absolute atomic E-state index is 6.71. The highest BCUT2D eigenvalue weighted by atomic mass is 15.2. The van der Waals surface area contributed by atoms with Crippen molar-refractivity contribution in [3.63, 3.8) is 0 Å². The highest BCUT2D eigenvalue weighted by Gasteiger charge is 2.46. The summed E-state index contributed by atoms with van der Waals surface area (Å²) < 4.78 is 0. The molecule has 0 saturated carbocycles. The van der Waals surface area contributed by atoms with Gasteiger partial charge in [0.25, 0.3) is 0 Å². The second-order valence-electron chi connectivity index (χ2n) is 6.39. The van der Waals surface area contributed by atoms with Gasteiger partial charge in [-0.15, -0.1) is 0 Å². The summed E-state index contributed by atoms with van der Waals surface area (Å²) in [5, 5.41) is 0. The van der Waals surface area contributed by atoms with Gasteiger partial charge in [-0.05, 0) is 50.5 Å². The molecule has 2 heteroatoms. The molecule has 1 nitrogen and oxygen atoms in total. The summed E-state index contributed by atoms with van der Waals surface area (Å²) >= 11 is 0. The van der Waals surface area contributed by atoms with Gasteiger partial charge in [-0.1, -0.05) is 41.5 Å². The minimum atomic E-state index is -0.106. The number of hydrogen-bond donors (Lipinski definition) is 0. The third-order valence-electron chi connectivity index (χ3n) is 4.83. The summed E-state index contributed by atoms with van der Waals surface area (Å²) in [6.45, 7) is 5.45. The summed E-state index contributed by atoms with van der Waals surface area (Å²) in [7, 11) is 6.71. The van der Waals surface area contributed by atoms with Crippen LogP contribution in [-0.2, 0) is 6.54 Å². The lowest BCUT2D eigenvalue weighted by Gasteiger charge is -2.45. The molecule has 3 rings (SSSR count). The first-order valence-corrected chi connectivity index (χ1v) is 7.33. The van der Waals surface area contributed by atoms with Crippen molar-refractivity contribution in [2.45, 2.75) is 57.6 Å². The zero-order valence-corrected chi connectivity index (χ0v) is 12.0. The molecule has 2 bridgehead atoms. The Hall–Kier alpha value is -1.02. The first-order chi connectivity index (χ1) is 9.08. The number of nitrogens with zero attached hydrogens (tertiary/aromatic N) is 1. The van der Waals surface area contributed by atoms with Crippen LogP contribution in [0, 0.1) is 0 Å². The topological polar surface area (TPSA) is 3.24 Å². The van der Waals surface area contributed by atoms with Gasteiger partial charge in [0.15, 0.2) is 0 Å². The molecule has 2 radical (unpaired) electrons. The van der Waals surface area contributed by atoms with E-state index in [-0.39, 0.29) is 5.44 Å². The number of rotatable bonds is 2. The van der Waals surface area contributed by atoms with Crippen molar-refractivity contribution < 1.29 is 0 Å². The van der Waals surface area contributed by atoms with Crippen LogP contribution in [0.4, 0.5) is 0 Å². The number of allylic oxidation sites excluding steroid dienone is 1. The van der Waals surface area contributed by atoms with Crippen molar-refractivity contribution in [3.8, 4) is 0 Å². The van der Waals surface area contributed by atoms with E-state index in [2.05, 4.69) is 49.1 Å². The highest BCUT2D eigenvalue weighted by molar-refractivity contribution is 6.15. The van der Waals surface area contributed by atoms with E-state index in [0.717, 1.165) is 19.4 Å². The zero-order chi connectivity index (χ0) is 13.5. The molecular formula is C17H22BN. The van der Waals surface area contributed by atoms with Crippen LogP contribution in [0.2, 0.25) is 0 Å². The molecule has 0 amide bonds. The number of fused-ring (bicyclic) bond motifs is 2. The Morgan fingerprint density at radius 1 is 1.32 bits per heavy atom. The number of piperidine rings is 1. The van der Waals surface area contributed by atoms with Gasteiger partial charge in [0, 0.05) is 12.6 Å². The molecule has 0 spiro atoms. The third kappa shape index (κ3) is 2.39. The van der Waals surface area contributed by atoms with Crippen LogP contribution in [0.5, 0.6) is 0 Å². The smallest absolute Gasteiger partial charge is 0.0962 e. The summed E-state index contributed by atoms with van der Waals surface area (Å²) in [4.78, 5) is 2.55. The van der Waals surface area contributed by atoms with Crippen molar-refractivity contribution in [3.05, 3.63) is 47.0 Å². The van der Waals surface area contributed by atoms with Crippen LogP contribution in [0.15, 0.2) is 41.5 Å². The molecule has 2 heterocycles. The highest BCUT2D eigenvalue weighted by Crippen LogP contribution is 2.45. The summed E-state index contributed by atoms with van der Waals surface area (Å²) in [6, 6.07) is 11.4. The maximum Gasteiger partial charge on any atom is 0.0962 e. The van der Waals surface area contributed by atoms with E-state index in [0.29, 0.717) is 6.04 Å². The molecule has 0 aliphatic carbocycles. The standard InChI is InChI=1S/C17H22BN/c1-13(2)15-10-16-8-9-17(18,11-15)19(16)12-14-6-4-3-5-7-14/h3-7,16H,8-12H2,1-2H3. The van der Waals surface area contributed by atoms with Gasteiger partial charge >= 0.3 is 0 Å². The molecule has 2 aliphatic heterocycles. The van der Waals surface area contributed by atoms with Gasteiger partial charge in [-0.3, -0.25) is 4.90 Å². The van der Waals surface area contributed by atoms with E-state index in [1.54, 1.807) is 5.57 Å². The second kappa shape index (κ2) is 4.83. The number of hydrogen-bond acceptors (Lipinski definition) is 1. The Morgan fingerprint density at radius 2 is 2.05 bits per heavy atom. The van der Waals surface area contributed by atoms with E-state index in [1.807, 2.05) is 0 Å². The van der Waals surface area contributed by atoms with Crippen molar-refractivity contribution in [1.29, 1.82) is 0 Å². The molecule has 0 aromatic heterocycles. The average Bonchev–Trinajstić information content (AvgIpc) is 2.59. The second-order valence-corrected chi connectivity index (χ2v) is 6.39. The van der Waals surface area contributed by atoms with Crippen molar-refractivity contribution >= 4 is 7.85 Å². The van der Waals surface area contributed by atoms with Crippen LogP contribution >= 0.6 is 0 Å². The zero-order valence-electron chi connectivity index (χ0n) is 12.0. The van der Waals surface area contributed by atoms with Crippen LogP contribution < -0.4 is 0 Å². The monoisotopic (exact) mass is 251 g/mol. The van der Waals surface area contributed by atoms with Crippen LogP contribution in [0.25, 0.3) is 0 Å². The lowest BCUT2D eigenvalue weighted by atomic mass is 9.69. The van der Waals surface area contributed by atoms with Crippen molar-refractivity contribution in [2.75, 3.05) is 0 Å². The average molecular weight is 251 g/mol. The molecule has 1 aromatic rings. The van der Waals surface area contributed by atoms with Gasteiger partial charge in [0.1, 0.15) is 0 Å². The van der Waals surface area contributed by atoms with E-state index in [9.17, 15) is 0 Å². The first-order valence-electron chi connectivity index (χ1n) is 7.33. The predicted octanol–water partition coefficient (Wildman–Crippen LogP) is 3.65. The van der Waals surface area contributed by atoms with Crippen molar-refractivity contribution in [1.82, 2.24) is 4.90 Å². The van der Waals surface area contributed by atoms with E-state index >= 15 is 0 Å². The van der Waals surface area contributed by atoms with E-state index in [4.69, 9.17) is 7.85 Å². The lowest BCUT2D eigenvalue weighted by Crippen LogP contribution is -2.50. The Labute approximate surface area is 118 Å². The summed E-state index contributed by atoms with van der Waals surface area (Å²) in [5.41, 5.74) is 4.34. The fourth-order valence-electron chi connectivity index (χ4n) is 3.66. The Balaban J connectivity index is 1.83. The minimum Gasteiger partial charge on any atom is -0.298 e. The number of benzene rings is 1. The quantitative estimate of drug-likeness (QED) is 0.573. The fraction of sp³-hybridized carbons (Fsp3) is 0.529. The van der Waals surface area contributed by atoms with E-state index in [1.165, 1.54) is 24.0 Å². The lowest BCUT2D eigenvalue weighted by molar-refractivity contribution is 0.128. The van der Waals surface area contributed by atoms with Crippen molar-refractivity contribution in [2.24, 2.45) is 0 Å². The van der Waals surface area contributed by atoms with E-state index < -0.39 is 0 Å². The Kier molecular flexibility index (Phi) is 3.30. The third-order valence-corrected chi connectivity index (χ3v) is 4.83. The largest absolute Gasteiger partial charge is 0.298 e. The predicted molar refractivity (Wildman–Crippen MR) is 81.1 cm³/mol. The van der Waals surface area contributed by atoms with Crippen LogP contribution in [-0.4, -0.2) is 24.2 Å². The van der Waals surface area contributed by atoms with Gasteiger partial charge < -0.3 is 0 Å². The molecule has 2 atom stereocenters. The Bertz CT molecular complexity index is 489. The summed E-state index contributed by atoms with van der Waals surface area (Å²) in [6.07, 6.45) is 4.66. The molecule has 2 unspecified atom stereocenters. The first kappa shape index (κ1) is 13.0. The van der Waals surface area contributed by atoms with Gasteiger partial charge in [0.05, 0.1) is 7.85 Å². The Morgan fingerprint density at radius 3 is 2.68 bits per heavy atom. The van der Waals surface area contributed by atoms with Gasteiger partial charge in [-0.25, -0.2) is 0 Å². The molecule has 0 N–H and O–H groups in total. The molecular weight excluding hydrogens is 229 g/mol. The van der Waals surface area contributed by atoms with Crippen LogP contribution in [0.1, 0.15) is 45.1 Å². The maximum atomic E-state index is 6.71. The fourth-order valence-corrected chi connectivity index (χ4v) is 3.66. The molecule has 1 aromatic carbocycles. The normalized spacial score (nSPS) is 30.6. The SMILES string of the molecule is [B]C12CCC(CC(=C(C)C)C1)N2Cc1ccccc1. The molecule has 98 valence electrons. The molecule has 2 fully saturated rings. The molecule has 2 aliphatic rings.